The first-order valence-corrected chi connectivity index (χ1v) is 9.07. The predicted molar refractivity (Wildman–Crippen MR) is 91.4 cm³/mol. The molecule has 0 saturated heterocycles. The topological polar surface area (TPSA) is 26.3 Å². The fourth-order valence-electron chi connectivity index (χ4n) is 2.60. The van der Waals surface area contributed by atoms with E-state index in [4.69, 9.17) is 4.74 Å². The standard InChI is InChI=1S/C19H36O2/c1-4-7-9-11-12-13-15-17-18(21-19(20)6-3)16-14-10-8-5-2/h6,18H,3-5,7-17H2,1-2H3. The molecule has 0 fully saturated rings. The Balaban J connectivity index is 3.76. The van der Waals surface area contributed by atoms with E-state index in [1.807, 2.05) is 0 Å². The van der Waals surface area contributed by atoms with Crippen LogP contribution in [0.4, 0.5) is 0 Å². The van der Waals surface area contributed by atoms with E-state index < -0.39 is 0 Å². The van der Waals surface area contributed by atoms with Gasteiger partial charge in [-0.3, -0.25) is 0 Å². The summed E-state index contributed by atoms with van der Waals surface area (Å²) in [6.07, 6.45) is 17.5. The Bertz CT molecular complexity index is 248. The number of hydrogen-bond acceptors (Lipinski definition) is 2. The lowest BCUT2D eigenvalue weighted by atomic mass is 10.0. The molecule has 124 valence electrons. The molecule has 0 amide bonds. The molecule has 2 nitrogen and oxygen atoms in total. The van der Waals surface area contributed by atoms with Crippen molar-refractivity contribution in [2.75, 3.05) is 0 Å². The van der Waals surface area contributed by atoms with Gasteiger partial charge in [-0.25, -0.2) is 4.79 Å². The molecular formula is C19H36O2. The molecule has 0 radical (unpaired) electrons. The fraction of sp³-hybridized carbons (Fsp3) is 0.842. The van der Waals surface area contributed by atoms with Crippen LogP contribution in [0.15, 0.2) is 12.7 Å². The molecule has 0 aromatic heterocycles. The Hall–Kier alpha value is -0.790. The quantitative estimate of drug-likeness (QED) is 0.204. The number of ether oxygens (including phenoxy) is 1. The Morgan fingerprint density at radius 2 is 1.29 bits per heavy atom. The van der Waals surface area contributed by atoms with Crippen LogP contribution in [0.1, 0.15) is 97.3 Å². The van der Waals surface area contributed by atoms with E-state index in [0.29, 0.717) is 0 Å². The van der Waals surface area contributed by atoms with Crippen LogP contribution >= 0.6 is 0 Å². The number of carbonyl (C=O) groups excluding carboxylic acids is 1. The zero-order valence-corrected chi connectivity index (χ0v) is 14.4. The fourth-order valence-corrected chi connectivity index (χ4v) is 2.60. The summed E-state index contributed by atoms with van der Waals surface area (Å²) < 4.78 is 5.47. The van der Waals surface area contributed by atoms with Crippen molar-refractivity contribution in [2.24, 2.45) is 0 Å². The van der Waals surface area contributed by atoms with Gasteiger partial charge < -0.3 is 4.74 Å². The van der Waals surface area contributed by atoms with Crippen molar-refractivity contribution in [3.63, 3.8) is 0 Å². The first kappa shape index (κ1) is 20.2. The maximum atomic E-state index is 11.4. The Labute approximate surface area is 132 Å². The van der Waals surface area contributed by atoms with Crippen molar-refractivity contribution in [3.8, 4) is 0 Å². The largest absolute Gasteiger partial charge is 0.459 e. The number of esters is 1. The summed E-state index contributed by atoms with van der Waals surface area (Å²) in [7, 11) is 0. The summed E-state index contributed by atoms with van der Waals surface area (Å²) in [6.45, 7) is 7.95. The zero-order valence-electron chi connectivity index (χ0n) is 14.4. The molecule has 0 N–H and O–H groups in total. The van der Waals surface area contributed by atoms with Crippen LogP contribution < -0.4 is 0 Å². The summed E-state index contributed by atoms with van der Waals surface area (Å²) in [5.41, 5.74) is 0. The van der Waals surface area contributed by atoms with E-state index >= 15 is 0 Å². The molecule has 0 bridgehead atoms. The van der Waals surface area contributed by atoms with E-state index in [0.717, 1.165) is 12.8 Å². The molecule has 1 atom stereocenters. The Morgan fingerprint density at radius 3 is 1.76 bits per heavy atom. The summed E-state index contributed by atoms with van der Waals surface area (Å²) in [5.74, 6) is -0.265. The van der Waals surface area contributed by atoms with Gasteiger partial charge >= 0.3 is 5.97 Å². The summed E-state index contributed by atoms with van der Waals surface area (Å²) in [4.78, 5) is 11.4. The normalized spacial score (nSPS) is 12.1. The third-order valence-corrected chi connectivity index (χ3v) is 3.96. The van der Waals surface area contributed by atoms with Crippen LogP contribution in [0.3, 0.4) is 0 Å². The van der Waals surface area contributed by atoms with Crippen molar-refractivity contribution in [1.29, 1.82) is 0 Å². The highest BCUT2D eigenvalue weighted by Crippen LogP contribution is 2.16. The molecule has 0 aliphatic rings. The molecule has 21 heavy (non-hydrogen) atoms. The molecule has 0 aromatic carbocycles. The minimum Gasteiger partial charge on any atom is -0.459 e. The highest BCUT2D eigenvalue weighted by atomic mass is 16.5. The highest BCUT2D eigenvalue weighted by Gasteiger charge is 2.12. The van der Waals surface area contributed by atoms with E-state index in [1.165, 1.54) is 76.7 Å². The monoisotopic (exact) mass is 296 g/mol. The van der Waals surface area contributed by atoms with Gasteiger partial charge in [-0.15, -0.1) is 0 Å². The van der Waals surface area contributed by atoms with Crippen molar-refractivity contribution >= 4 is 5.97 Å². The SMILES string of the molecule is C=CC(=O)OC(CCCCCC)CCCCCCCCC. The molecule has 0 spiro atoms. The zero-order chi connectivity index (χ0) is 15.8. The third kappa shape index (κ3) is 13.9. The van der Waals surface area contributed by atoms with Crippen molar-refractivity contribution < 1.29 is 9.53 Å². The number of carbonyl (C=O) groups is 1. The molecule has 0 aromatic rings. The molecule has 0 aliphatic heterocycles. The van der Waals surface area contributed by atoms with Gasteiger partial charge in [0, 0.05) is 6.08 Å². The predicted octanol–water partition coefficient (Wildman–Crippen LogP) is 6.20. The van der Waals surface area contributed by atoms with Gasteiger partial charge in [0.05, 0.1) is 0 Å². The molecule has 0 aliphatic carbocycles. The van der Waals surface area contributed by atoms with Crippen LogP contribution in [0.25, 0.3) is 0 Å². The van der Waals surface area contributed by atoms with E-state index in [2.05, 4.69) is 20.4 Å². The molecular weight excluding hydrogens is 260 g/mol. The van der Waals surface area contributed by atoms with Crippen molar-refractivity contribution in [2.45, 2.75) is 103 Å². The van der Waals surface area contributed by atoms with Crippen LogP contribution in [-0.2, 0) is 9.53 Å². The van der Waals surface area contributed by atoms with Crippen molar-refractivity contribution in [3.05, 3.63) is 12.7 Å². The van der Waals surface area contributed by atoms with E-state index in [-0.39, 0.29) is 12.1 Å². The van der Waals surface area contributed by atoms with Crippen LogP contribution in [0.2, 0.25) is 0 Å². The average molecular weight is 296 g/mol. The number of hydrogen-bond donors (Lipinski definition) is 0. The summed E-state index contributed by atoms with van der Waals surface area (Å²) >= 11 is 0. The van der Waals surface area contributed by atoms with Gasteiger partial charge in [0.25, 0.3) is 0 Å². The second-order valence-electron chi connectivity index (χ2n) is 6.02. The van der Waals surface area contributed by atoms with Gasteiger partial charge in [0.1, 0.15) is 6.10 Å². The minimum atomic E-state index is -0.265. The second-order valence-corrected chi connectivity index (χ2v) is 6.02. The molecule has 0 saturated carbocycles. The first-order chi connectivity index (χ1) is 10.2. The van der Waals surface area contributed by atoms with Crippen LogP contribution in [0.5, 0.6) is 0 Å². The van der Waals surface area contributed by atoms with Crippen LogP contribution in [-0.4, -0.2) is 12.1 Å². The number of rotatable bonds is 15. The summed E-state index contributed by atoms with van der Waals surface area (Å²) in [6, 6.07) is 0. The maximum Gasteiger partial charge on any atom is 0.330 e. The lowest BCUT2D eigenvalue weighted by molar-refractivity contribution is -0.143. The van der Waals surface area contributed by atoms with E-state index in [9.17, 15) is 4.79 Å². The van der Waals surface area contributed by atoms with Gasteiger partial charge in [-0.2, -0.15) is 0 Å². The van der Waals surface area contributed by atoms with Gasteiger partial charge in [0.2, 0.25) is 0 Å². The van der Waals surface area contributed by atoms with Gasteiger partial charge in [-0.1, -0.05) is 78.2 Å². The maximum absolute atomic E-state index is 11.4. The summed E-state index contributed by atoms with van der Waals surface area (Å²) in [5, 5.41) is 0. The minimum absolute atomic E-state index is 0.1000. The molecule has 1 unspecified atom stereocenters. The Morgan fingerprint density at radius 1 is 0.857 bits per heavy atom. The van der Waals surface area contributed by atoms with Gasteiger partial charge in [-0.05, 0) is 25.7 Å². The van der Waals surface area contributed by atoms with E-state index in [1.54, 1.807) is 0 Å². The lowest BCUT2D eigenvalue weighted by Crippen LogP contribution is -2.16. The number of unbranched alkanes of at least 4 members (excludes halogenated alkanes) is 9. The van der Waals surface area contributed by atoms with Gasteiger partial charge in [0.15, 0.2) is 0 Å². The first-order valence-electron chi connectivity index (χ1n) is 9.07. The third-order valence-electron chi connectivity index (χ3n) is 3.96. The second kappa shape index (κ2) is 15.6. The van der Waals surface area contributed by atoms with Crippen LogP contribution in [0, 0.1) is 0 Å². The highest BCUT2D eigenvalue weighted by molar-refractivity contribution is 5.81. The lowest BCUT2D eigenvalue weighted by Gasteiger charge is -2.17. The van der Waals surface area contributed by atoms with Crippen molar-refractivity contribution in [1.82, 2.24) is 0 Å². The smallest absolute Gasteiger partial charge is 0.330 e. The molecule has 2 heteroatoms. The molecule has 0 rings (SSSR count). The average Bonchev–Trinajstić information content (AvgIpc) is 2.50. The molecule has 0 heterocycles. The Kier molecular flexibility index (Phi) is 15.0.